The zero-order chi connectivity index (χ0) is 12.7. The Morgan fingerprint density at radius 1 is 1.35 bits per heavy atom. The van der Waals surface area contributed by atoms with Crippen molar-refractivity contribution < 1.29 is 0 Å². The molecule has 2 nitrogen and oxygen atoms in total. The summed E-state index contributed by atoms with van der Waals surface area (Å²) >= 11 is 4.23. The standard InChI is InChI=1S/C13H21IN2S/c1-16(8-3-9-17-2)13(10-15)11-4-6-12(14)7-5-11/h4-7,13H,3,8-10,15H2,1-2H3. The summed E-state index contributed by atoms with van der Waals surface area (Å²) in [6.45, 7) is 1.78. The van der Waals surface area contributed by atoms with E-state index >= 15 is 0 Å². The molecule has 0 fully saturated rings. The minimum Gasteiger partial charge on any atom is -0.329 e. The SMILES string of the molecule is CSCCCN(C)C(CN)c1ccc(I)cc1. The molecule has 0 radical (unpaired) electrons. The summed E-state index contributed by atoms with van der Waals surface area (Å²) in [5.74, 6) is 1.22. The summed E-state index contributed by atoms with van der Waals surface area (Å²) in [4.78, 5) is 2.36. The third-order valence-corrected chi connectivity index (χ3v) is 4.29. The Bertz CT molecular complexity index is 316. The molecule has 4 heteroatoms. The van der Waals surface area contributed by atoms with Gasteiger partial charge in [-0.15, -0.1) is 0 Å². The van der Waals surface area contributed by atoms with Crippen LogP contribution in [0.3, 0.4) is 0 Å². The number of likely N-dealkylation sites (N-methyl/N-ethyl adjacent to an activating group) is 1. The molecule has 17 heavy (non-hydrogen) atoms. The molecule has 0 saturated heterocycles. The first-order valence-corrected chi connectivity index (χ1v) is 8.31. The van der Waals surface area contributed by atoms with Crippen molar-refractivity contribution >= 4 is 34.4 Å². The molecule has 0 spiro atoms. The van der Waals surface area contributed by atoms with Crippen LogP contribution in [0.2, 0.25) is 0 Å². The summed E-state index contributed by atoms with van der Waals surface area (Å²) in [7, 11) is 2.16. The predicted molar refractivity (Wildman–Crippen MR) is 86.6 cm³/mol. The monoisotopic (exact) mass is 364 g/mol. The van der Waals surface area contributed by atoms with Gasteiger partial charge in [-0.05, 0) is 72.3 Å². The van der Waals surface area contributed by atoms with Crippen LogP contribution in [-0.2, 0) is 0 Å². The molecular weight excluding hydrogens is 343 g/mol. The largest absolute Gasteiger partial charge is 0.329 e. The maximum absolute atomic E-state index is 5.90. The van der Waals surface area contributed by atoms with Gasteiger partial charge in [-0.2, -0.15) is 11.8 Å². The molecule has 0 amide bonds. The minimum atomic E-state index is 0.342. The molecule has 0 bridgehead atoms. The molecule has 0 saturated carbocycles. The zero-order valence-electron chi connectivity index (χ0n) is 10.5. The lowest BCUT2D eigenvalue weighted by Crippen LogP contribution is -2.31. The minimum absolute atomic E-state index is 0.342. The van der Waals surface area contributed by atoms with E-state index in [2.05, 4.69) is 65.1 Å². The van der Waals surface area contributed by atoms with Crippen LogP contribution in [-0.4, -0.2) is 37.0 Å². The van der Waals surface area contributed by atoms with Gasteiger partial charge in [-0.1, -0.05) is 12.1 Å². The van der Waals surface area contributed by atoms with Crippen molar-refractivity contribution in [2.75, 3.05) is 32.1 Å². The molecule has 1 atom stereocenters. The maximum Gasteiger partial charge on any atom is 0.0467 e. The number of nitrogens with two attached hydrogens (primary N) is 1. The fraction of sp³-hybridized carbons (Fsp3) is 0.538. The van der Waals surface area contributed by atoms with Crippen molar-refractivity contribution in [1.29, 1.82) is 0 Å². The fourth-order valence-electron chi connectivity index (χ4n) is 1.87. The molecule has 96 valence electrons. The van der Waals surface area contributed by atoms with Gasteiger partial charge in [0.15, 0.2) is 0 Å². The van der Waals surface area contributed by atoms with Crippen molar-refractivity contribution in [1.82, 2.24) is 4.90 Å². The Hall–Kier alpha value is 0.220. The van der Waals surface area contributed by atoms with Gasteiger partial charge in [0.1, 0.15) is 0 Å². The van der Waals surface area contributed by atoms with Crippen molar-refractivity contribution in [2.24, 2.45) is 5.73 Å². The van der Waals surface area contributed by atoms with E-state index in [9.17, 15) is 0 Å². The van der Waals surface area contributed by atoms with Gasteiger partial charge in [-0.25, -0.2) is 0 Å². The lowest BCUT2D eigenvalue weighted by atomic mass is 10.1. The Balaban J connectivity index is 2.60. The number of halogens is 1. The van der Waals surface area contributed by atoms with Crippen molar-refractivity contribution in [3.05, 3.63) is 33.4 Å². The fourth-order valence-corrected chi connectivity index (χ4v) is 2.65. The van der Waals surface area contributed by atoms with E-state index in [4.69, 9.17) is 5.73 Å². The van der Waals surface area contributed by atoms with Gasteiger partial charge in [0, 0.05) is 16.2 Å². The summed E-state index contributed by atoms with van der Waals surface area (Å²) in [5.41, 5.74) is 7.22. The third-order valence-electron chi connectivity index (χ3n) is 2.87. The Morgan fingerprint density at radius 2 is 2.00 bits per heavy atom. The second kappa shape index (κ2) is 8.34. The van der Waals surface area contributed by atoms with Gasteiger partial charge in [0.2, 0.25) is 0 Å². The van der Waals surface area contributed by atoms with Gasteiger partial charge in [0.05, 0.1) is 0 Å². The smallest absolute Gasteiger partial charge is 0.0467 e. The average Bonchev–Trinajstić information content (AvgIpc) is 2.33. The first-order chi connectivity index (χ1) is 8.19. The van der Waals surface area contributed by atoms with E-state index in [-0.39, 0.29) is 0 Å². The van der Waals surface area contributed by atoms with Crippen LogP contribution in [0.15, 0.2) is 24.3 Å². The first kappa shape index (κ1) is 15.3. The summed E-state index contributed by atoms with van der Waals surface area (Å²) < 4.78 is 1.27. The highest BCUT2D eigenvalue weighted by Crippen LogP contribution is 2.19. The molecule has 1 unspecified atom stereocenters. The van der Waals surface area contributed by atoms with Gasteiger partial charge in [-0.3, -0.25) is 4.90 Å². The highest BCUT2D eigenvalue weighted by Gasteiger charge is 2.14. The average molecular weight is 364 g/mol. The molecule has 1 rings (SSSR count). The highest BCUT2D eigenvalue weighted by molar-refractivity contribution is 14.1. The molecule has 0 aliphatic carbocycles. The van der Waals surface area contributed by atoms with Gasteiger partial charge < -0.3 is 5.73 Å². The number of hydrogen-bond acceptors (Lipinski definition) is 3. The Morgan fingerprint density at radius 3 is 2.53 bits per heavy atom. The van der Waals surface area contributed by atoms with E-state index in [1.165, 1.54) is 21.3 Å². The summed E-state index contributed by atoms with van der Waals surface area (Å²) in [5, 5.41) is 0. The number of rotatable bonds is 7. The lowest BCUT2D eigenvalue weighted by molar-refractivity contribution is 0.251. The highest BCUT2D eigenvalue weighted by atomic mass is 127. The number of nitrogens with zero attached hydrogens (tertiary/aromatic N) is 1. The van der Waals surface area contributed by atoms with Crippen LogP contribution in [0.4, 0.5) is 0 Å². The number of benzene rings is 1. The third kappa shape index (κ3) is 5.16. The molecule has 0 aliphatic rings. The van der Waals surface area contributed by atoms with Crippen LogP contribution in [0.5, 0.6) is 0 Å². The second-order valence-electron chi connectivity index (χ2n) is 4.13. The van der Waals surface area contributed by atoms with Crippen LogP contribution < -0.4 is 5.73 Å². The van der Waals surface area contributed by atoms with E-state index in [0.29, 0.717) is 12.6 Å². The van der Waals surface area contributed by atoms with E-state index in [1.807, 2.05) is 11.8 Å². The molecular formula is C13H21IN2S. The van der Waals surface area contributed by atoms with Crippen molar-refractivity contribution in [3.8, 4) is 0 Å². The topological polar surface area (TPSA) is 29.3 Å². The van der Waals surface area contributed by atoms with E-state index < -0.39 is 0 Å². The van der Waals surface area contributed by atoms with Crippen LogP contribution in [0.1, 0.15) is 18.0 Å². The van der Waals surface area contributed by atoms with Crippen molar-refractivity contribution in [2.45, 2.75) is 12.5 Å². The van der Waals surface area contributed by atoms with Gasteiger partial charge >= 0.3 is 0 Å². The Labute approximate surface area is 122 Å². The first-order valence-electron chi connectivity index (χ1n) is 5.83. The summed E-state index contributed by atoms with van der Waals surface area (Å²) in [6.07, 6.45) is 3.37. The van der Waals surface area contributed by atoms with Crippen molar-refractivity contribution in [3.63, 3.8) is 0 Å². The molecule has 0 aromatic heterocycles. The molecule has 0 aliphatic heterocycles. The number of thioether (sulfide) groups is 1. The molecule has 1 aromatic rings. The summed E-state index contributed by atoms with van der Waals surface area (Å²) in [6, 6.07) is 9.01. The number of hydrogen-bond donors (Lipinski definition) is 1. The quantitative estimate of drug-likeness (QED) is 0.596. The van der Waals surface area contributed by atoms with Crippen LogP contribution in [0.25, 0.3) is 0 Å². The predicted octanol–water partition coefficient (Wildman–Crippen LogP) is 2.98. The van der Waals surface area contributed by atoms with Crippen LogP contribution >= 0.6 is 34.4 Å². The molecule has 0 heterocycles. The maximum atomic E-state index is 5.90. The van der Waals surface area contributed by atoms with Gasteiger partial charge in [0.25, 0.3) is 0 Å². The molecule has 1 aromatic carbocycles. The normalized spacial score (nSPS) is 13.0. The van der Waals surface area contributed by atoms with E-state index in [1.54, 1.807) is 0 Å². The van der Waals surface area contributed by atoms with Crippen LogP contribution in [0, 0.1) is 3.57 Å². The van der Waals surface area contributed by atoms with E-state index in [0.717, 1.165) is 6.54 Å². The Kier molecular flexibility index (Phi) is 7.50. The lowest BCUT2D eigenvalue weighted by Gasteiger charge is -2.27. The second-order valence-corrected chi connectivity index (χ2v) is 6.36. The zero-order valence-corrected chi connectivity index (χ0v) is 13.5. The molecule has 2 N–H and O–H groups in total.